The summed E-state index contributed by atoms with van der Waals surface area (Å²) < 4.78 is 7.22. The first-order chi connectivity index (χ1) is 8.61. The van der Waals surface area contributed by atoms with Gasteiger partial charge in [-0.05, 0) is 31.5 Å². The fourth-order valence-electron chi connectivity index (χ4n) is 2.22. The first-order valence-electron chi connectivity index (χ1n) is 5.57. The molecule has 4 nitrogen and oxygen atoms in total. The van der Waals surface area contributed by atoms with E-state index in [0.29, 0.717) is 5.58 Å². The van der Waals surface area contributed by atoms with Crippen LogP contribution in [0.5, 0.6) is 0 Å². The highest BCUT2D eigenvalue weighted by molar-refractivity contribution is 5.96. The predicted octanol–water partition coefficient (Wildman–Crippen LogP) is 2.53. The van der Waals surface area contributed by atoms with Crippen LogP contribution in [0.25, 0.3) is 16.5 Å². The Morgan fingerprint density at radius 2 is 2.11 bits per heavy atom. The molecule has 18 heavy (non-hydrogen) atoms. The van der Waals surface area contributed by atoms with E-state index >= 15 is 0 Å². The Hall–Kier alpha value is -2.54. The zero-order valence-corrected chi connectivity index (χ0v) is 10.0. The van der Waals surface area contributed by atoms with E-state index < -0.39 is 5.63 Å². The highest BCUT2D eigenvalue weighted by atomic mass is 16.4. The fourth-order valence-corrected chi connectivity index (χ4v) is 2.22. The summed E-state index contributed by atoms with van der Waals surface area (Å²) >= 11 is 0. The van der Waals surface area contributed by atoms with E-state index in [-0.39, 0.29) is 5.56 Å². The van der Waals surface area contributed by atoms with Crippen molar-refractivity contribution in [3.8, 4) is 6.07 Å². The topological polar surface area (TPSA) is 58.4 Å². The van der Waals surface area contributed by atoms with Crippen LogP contribution in [0.2, 0.25) is 0 Å². The lowest BCUT2D eigenvalue weighted by molar-refractivity contribution is 0.556. The number of nitriles is 1. The van der Waals surface area contributed by atoms with Crippen LogP contribution in [-0.4, -0.2) is 4.40 Å². The number of rotatable bonds is 0. The molecule has 0 saturated heterocycles. The Bertz CT molecular complexity index is 879. The van der Waals surface area contributed by atoms with Gasteiger partial charge in [-0.2, -0.15) is 5.26 Å². The third-order valence-electron chi connectivity index (χ3n) is 3.13. The van der Waals surface area contributed by atoms with Gasteiger partial charge in [0.05, 0.1) is 11.2 Å². The Morgan fingerprint density at radius 3 is 2.83 bits per heavy atom. The van der Waals surface area contributed by atoms with Gasteiger partial charge in [0.15, 0.2) is 5.58 Å². The van der Waals surface area contributed by atoms with E-state index in [4.69, 9.17) is 9.68 Å². The zero-order valence-electron chi connectivity index (χ0n) is 10.0. The highest BCUT2D eigenvalue weighted by Crippen LogP contribution is 2.26. The Labute approximate surface area is 103 Å². The molecule has 0 bridgehead atoms. The lowest BCUT2D eigenvalue weighted by atomic mass is 10.2. The van der Waals surface area contributed by atoms with Gasteiger partial charge in [-0.25, -0.2) is 4.79 Å². The predicted molar refractivity (Wildman–Crippen MR) is 67.6 cm³/mol. The number of hydrogen-bond acceptors (Lipinski definition) is 3. The lowest BCUT2D eigenvalue weighted by Gasteiger charge is -1.98. The van der Waals surface area contributed by atoms with Gasteiger partial charge in [0.25, 0.3) is 0 Å². The second-order valence-corrected chi connectivity index (χ2v) is 4.35. The Kier molecular flexibility index (Phi) is 2.05. The van der Waals surface area contributed by atoms with Crippen LogP contribution in [0.1, 0.15) is 16.8 Å². The van der Waals surface area contributed by atoms with E-state index in [1.54, 1.807) is 6.07 Å². The molecule has 0 aliphatic heterocycles. The first-order valence-corrected chi connectivity index (χ1v) is 5.57. The highest BCUT2D eigenvalue weighted by Gasteiger charge is 2.13. The van der Waals surface area contributed by atoms with Gasteiger partial charge >= 0.3 is 5.63 Å². The SMILES string of the molecule is Cc1ccc2c3cc(C#N)c(=O)oc3c(C)n2c1. The van der Waals surface area contributed by atoms with Crippen LogP contribution in [0.4, 0.5) is 0 Å². The summed E-state index contributed by atoms with van der Waals surface area (Å²) in [6, 6.07) is 7.41. The molecule has 0 atom stereocenters. The number of nitrogens with zero attached hydrogens (tertiary/aromatic N) is 2. The third kappa shape index (κ3) is 1.28. The summed E-state index contributed by atoms with van der Waals surface area (Å²) in [5, 5.41) is 9.68. The average molecular weight is 238 g/mol. The summed E-state index contributed by atoms with van der Waals surface area (Å²) in [5.74, 6) is 0. The van der Waals surface area contributed by atoms with Crippen molar-refractivity contribution in [1.29, 1.82) is 5.26 Å². The van der Waals surface area contributed by atoms with Gasteiger partial charge in [-0.3, -0.25) is 0 Å². The number of pyridine rings is 1. The number of hydrogen-bond donors (Lipinski definition) is 0. The van der Waals surface area contributed by atoms with Crippen LogP contribution in [-0.2, 0) is 0 Å². The molecule has 0 aliphatic carbocycles. The molecule has 88 valence electrons. The van der Waals surface area contributed by atoms with Crippen molar-refractivity contribution in [2.24, 2.45) is 0 Å². The van der Waals surface area contributed by atoms with Crippen LogP contribution < -0.4 is 5.63 Å². The first kappa shape index (κ1) is 10.6. The number of aromatic nitrogens is 1. The molecule has 3 aromatic heterocycles. The minimum atomic E-state index is -0.583. The van der Waals surface area contributed by atoms with E-state index in [9.17, 15) is 4.79 Å². The maximum atomic E-state index is 11.6. The molecule has 0 saturated carbocycles. The zero-order chi connectivity index (χ0) is 12.9. The van der Waals surface area contributed by atoms with Crippen LogP contribution in [0.15, 0.2) is 33.6 Å². The molecule has 0 radical (unpaired) electrons. The summed E-state index contributed by atoms with van der Waals surface area (Å²) in [4.78, 5) is 11.6. The molecule has 4 heteroatoms. The average Bonchev–Trinajstić information content (AvgIpc) is 2.62. The van der Waals surface area contributed by atoms with Crippen molar-refractivity contribution in [1.82, 2.24) is 4.40 Å². The molecule has 0 aliphatic rings. The van der Waals surface area contributed by atoms with Gasteiger partial charge in [0, 0.05) is 11.6 Å². The Morgan fingerprint density at radius 1 is 1.33 bits per heavy atom. The largest absolute Gasteiger partial charge is 0.420 e. The second kappa shape index (κ2) is 3.47. The van der Waals surface area contributed by atoms with E-state index in [0.717, 1.165) is 22.2 Å². The third-order valence-corrected chi connectivity index (χ3v) is 3.13. The molecule has 0 fully saturated rings. The minimum Gasteiger partial charge on any atom is -0.420 e. The lowest BCUT2D eigenvalue weighted by Crippen LogP contribution is -2.02. The standard InChI is InChI=1S/C14H10N2O2/c1-8-3-4-12-11-5-10(6-15)14(17)18-13(11)9(2)16(12)7-8/h3-5,7H,1-2H3. The van der Waals surface area contributed by atoms with Crippen molar-refractivity contribution in [2.75, 3.05) is 0 Å². The monoisotopic (exact) mass is 238 g/mol. The van der Waals surface area contributed by atoms with Gasteiger partial charge in [0.1, 0.15) is 11.6 Å². The number of fused-ring (bicyclic) bond motifs is 3. The molecule has 3 aromatic rings. The second-order valence-electron chi connectivity index (χ2n) is 4.35. The van der Waals surface area contributed by atoms with Gasteiger partial charge in [0.2, 0.25) is 0 Å². The maximum absolute atomic E-state index is 11.6. The molecular formula is C14H10N2O2. The molecule has 0 N–H and O–H groups in total. The summed E-state index contributed by atoms with van der Waals surface area (Å²) in [6.45, 7) is 3.89. The van der Waals surface area contributed by atoms with E-state index in [1.807, 2.05) is 42.6 Å². The quantitative estimate of drug-likeness (QED) is 0.604. The molecular weight excluding hydrogens is 228 g/mol. The molecule has 0 spiro atoms. The Balaban J connectivity index is 2.61. The van der Waals surface area contributed by atoms with Gasteiger partial charge < -0.3 is 8.82 Å². The van der Waals surface area contributed by atoms with Crippen molar-refractivity contribution >= 4 is 16.5 Å². The van der Waals surface area contributed by atoms with Crippen LogP contribution in [0.3, 0.4) is 0 Å². The van der Waals surface area contributed by atoms with Crippen molar-refractivity contribution in [2.45, 2.75) is 13.8 Å². The van der Waals surface area contributed by atoms with Crippen LogP contribution >= 0.6 is 0 Å². The van der Waals surface area contributed by atoms with Crippen LogP contribution in [0, 0.1) is 25.2 Å². The van der Waals surface area contributed by atoms with E-state index in [1.165, 1.54) is 0 Å². The molecule has 0 aromatic carbocycles. The summed E-state index contributed by atoms with van der Waals surface area (Å²) in [5.41, 5.74) is 2.92. The van der Waals surface area contributed by atoms with E-state index in [2.05, 4.69) is 0 Å². The van der Waals surface area contributed by atoms with Crippen molar-refractivity contribution in [3.63, 3.8) is 0 Å². The van der Waals surface area contributed by atoms with Gasteiger partial charge in [-0.15, -0.1) is 0 Å². The van der Waals surface area contributed by atoms with Crippen molar-refractivity contribution < 1.29 is 4.42 Å². The summed E-state index contributed by atoms with van der Waals surface area (Å²) in [6.07, 6.45) is 1.98. The van der Waals surface area contributed by atoms with Crippen molar-refractivity contribution in [3.05, 3.63) is 51.6 Å². The number of aryl methyl sites for hydroxylation is 2. The maximum Gasteiger partial charge on any atom is 0.354 e. The normalized spacial score (nSPS) is 10.9. The molecule has 3 heterocycles. The molecule has 0 unspecified atom stereocenters. The molecule has 3 rings (SSSR count). The smallest absolute Gasteiger partial charge is 0.354 e. The van der Waals surface area contributed by atoms with Gasteiger partial charge in [-0.1, -0.05) is 6.07 Å². The minimum absolute atomic E-state index is 0.0376. The molecule has 0 amide bonds. The fraction of sp³-hybridized carbons (Fsp3) is 0.143. The summed E-state index contributed by atoms with van der Waals surface area (Å²) in [7, 11) is 0.